The Hall–Kier alpha value is -4.04. The fourth-order valence-electron chi connectivity index (χ4n) is 3.22. The highest BCUT2D eigenvalue weighted by Gasteiger charge is 2.17. The van der Waals surface area contributed by atoms with Gasteiger partial charge in [-0.1, -0.05) is 30.3 Å². The van der Waals surface area contributed by atoms with Gasteiger partial charge in [0.15, 0.2) is 0 Å². The number of rotatable bonds is 9. The van der Waals surface area contributed by atoms with Crippen molar-refractivity contribution in [3.63, 3.8) is 0 Å². The van der Waals surface area contributed by atoms with E-state index < -0.39 is 11.9 Å². The summed E-state index contributed by atoms with van der Waals surface area (Å²) < 4.78 is 13.1. The second kappa shape index (κ2) is 11.0. The third-order valence-corrected chi connectivity index (χ3v) is 4.98. The largest absolute Gasteiger partial charge is 0.394 e. The molecule has 0 bridgehead atoms. The maximum Gasteiger partial charge on any atom is 0.271 e. The summed E-state index contributed by atoms with van der Waals surface area (Å²) in [4.78, 5) is 22.8. The van der Waals surface area contributed by atoms with E-state index >= 15 is 0 Å². The Bertz CT molecular complexity index is 1130. The van der Waals surface area contributed by atoms with Crippen LogP contribution in [0, 0.1) is 12.7 Å². The summed E-state index contributed by atoms with van der Waals surface area (Å²) in [7, 11) is 1.78. The van der Waals surface area contributed by atoms with Crippen molar-refractivity contribution in [1.29, 1.82) is 0 Å². The first-order chi connectivity index (χ1) is 15.9. The van der Waals surface area contributed by atoms with Crippen molar-refractivity contribution >= 4 is 29.8 Å². The van der Waals surface area contributed by atoms with Crippen LogP contribution >= 0.6 is 0 Å². The molecule has 0 saturated heterocycles. The molecule has 1 aromatic heterocycles. The second-order valence-corrected chi connectivity index (χ2v) is 7.39. The lowest BCUT2D eigenvalue weighted by atomic mass is 10.1. The number of carbonyl (C=O) groups is 1. The summed E-state index contributed by atoms with van der Waals surface area (Å²) in [6.07, 6.45) is 3.26. The van der Waals surface area contributed by atoms with Crippen molar-refractivity contribution < 1.29 is 14.3 Å². The molecule has 1 atom stereocenters. The molecule has 3 N–H and O–H groups in total. The van der Waals surface area contributed by atoms with E-state index in [4.69, 9.17) is 0 Å². The molecule has 0 radical (unpaired) electrons. The quantitative estimate of drug-likeness (QED) is 0.339. The van der Waals surface area contributed by atoms with Crippen LogP contribution in [0.5, 0.6) is 0 Å². The monoisotopic (exact) mass is 447 g/mol. The predicted octanol–water partition coefficient (Wildman–Crippen LogP) is 4.10. The smallest absolute Gasteiger partial charge is 0.271 e. The van der Waals surface area contributed by atoms with Crippen molar-refractivity contribution in [1.82, 2.24) is 10.3 Å². The van der Waals surface area contributed by atoms with E-state index in [1.165, 1.54) is 12.1 Å². The third-order valence-electron chi connectivity index (χ3n) is 4.98. The summed E-state index contributed by atoms with van der Waals surface area (Å²) in [5.41, 5.74) is 3.23. The van der Waals surface area contributed by atoms with Crippen molar-refractivity contribution in [2.24, 2.45) is 4.99 Å². The number of aliphatic hydroxyl groups excluding tert-OH is 1. The van der Waals surface area contributed by atoms with Gasteiger partial charge in [0, 0.05) is 36.9 Å². The summed E-state index contributed by atoms with van der Waals surface area (Å²) in [5.74, 6) is -0.220. The molecule has 8 heteroatoms. The number of halogens is 1. The number of benzene rings is 2. The molecule has 0 saturated carbocycles. The number of aromatic nitrogens is 1. The normalized spacial score (nSPS) is 12.1. The number of hydrogen-bond donors (Lipinski definition) is 3. The maximum absolute atomic E-state index is 13.1. The molecule has 3 aromatic rings. The van der Waals surface area contributed by atoms with Gasteiger partial charge in [0.25, 0.3) is 5.91 Å². The highest BCUT2D eigenvalue weighted by Crippen LogP contribution is 2.25. The van der Waals surface area contributed by atoms with Crippen LogP contribution in [0.25, 0.3) is 0 Å². The van der Waals surface area contributed by atoms with E-state index in [-0.39, 0.29) is 18.1 Å². The molecule has 0 aliphatic carbocycles. The Morgan fingerprint density at radius 2 is 1.94 bits per heavy atom. The lowest BCUT2D eigenvalue weighted by molar-refractivity contribution is -0.118. The molecule has 1 heterocycles. The third kappa shape index (κ3) is 6.24. The zero-order valence-electron chi connectivity index (χ0n) is 18.5. The van der Waals surface area contributed by atoms with Crippen molar-refractivity contribution in [2.45, 2.75) is 13.0 Å². The van der Waals surface area contributed by atoms with Crippen molar-refractivity contribution in [3.8, 4) is 0 Å². The first kappa shape index (κ1) is 23.6. The Morgan fingerprint density at radius 3 is 2.58 bits per heavy atom. The Balaban J connectivity index is 1.78. The van der Waals surface area contributed by atoms with Gasteiger partial charge in [0.2, 0.25) is 0 Å². The van der Waals surface area contributed by atoms with Crippen LogP contribution in [0.3, 0.4) is 0 Å². The first-order valence-electron chi connectivity index (χ1n) is 10.3. The van der Waals surface area contributed by atoms with Gasteiger partial charge in [-0.25, -0.2) is 9.37 Å². The summed E-state index contributed by atoms with van der Waals surface area (Å²) in [5, 5.41) is 15.6. The van der Waals surface area contributed by atoms with Crippen LogP contribution in [0.2, 0.25) is 0 Å². The Morgan fingerprint density at radius 1 is 1.24 bits per heavy atom. The summed E-state index contributed by atoms with van der Waals surface area (Å²) >= 11 is 0. The first-order valence-corrected chi connectivity index (χ1v) is 10.3. The number of nitrogens with one attached hydrogen (secondary N) is 2. The molecule has 0 spiro atoms. The van der Waals surface area contributed by atoms with Gasteiger partial charge >= 0.3 is 0 Å². The van der Waals surface area contributed by atoms with Crippen LogP contribution in [-0.4, -0.2) is 36.4 Å². The number of carbonyl (C=O) groups excluding carboxylic acids is 1. The molecule has 0 aliphatic heterocycles. The average molecular weight is 448 g/mol. The van der Waals surface area contributed by atoms with Gasteiger partial charge in [-0.3, -0.25) is 9.79 Å². The van der Waals surface area contributed by atoms with Gasteiger partial charge in [-0.2, -0.15) is 0 Å². The number of aliphatic imine (C=N–C) groups is 1. The standard InChI is InChI=1S/C25H26FN5O2/c1-17-14-28-24(29-20-11-9-19(26)10-12-20)13-23(17)31(3)15-21(27-2)25(33)30-22(16-32)18-7-5-4-6-8-18/h4-15,22,32H,2,16H2,1,3H3,(H,28,29)(H,30,33)/b21-15-. The lowest BCUT2D eigenvalue weighted by Gasteiger charge is -2.20. The fourth-order valence-corrected chi connectivity index (χ4v) is 3.22. The van der Waals surface area contributed by atoms with Crippen LogP contribution in [0.4, 0.5) is 21.6 Å². The molecule has 2 aromatic carbocycles. The molecule has 3 rings (SSSR count). The highest BCUT2D eigenvalue weighted by molar-refractivity contribution is 5.94. The molecule has 170 valence electrons. The average Bonchev–Trinajstić information content (AvgIpc) is 2.83. The molecular formula is C25H26FN5O2. The van der Waals surface area contributed by atoms with Gasteiger partial charge < -0.3 is 20.6 Å². The van der Waals surface area contributed by atoms with Crippen LogP contribution in [0.1, 0.15) is 17.2 Å². The summed E-state index contributed by atoms with van der Waals surface area (Å²) in [6, 6.07) is 16.4. The minimum Gasteiger partial charge on any atom is -0.394 e. The van der Waals surface area contributed by atoms with Crippen LogP contribution in [0.15, 0.2) is 83.7 Å². The SMILES string of the molecule is C=N/C(=C\N(C)c1cc(Nc2ccc(F)cc2)ncc1C)C(=O)NC(CO)c1ccccc1. The highest BCUT2D eigenvalue weighted by atomic mass is 19.1. The van der Waals surface area contributed by atoms with E-state index in [1.54, 1.807) is 36.5 Å². The van der Waals surface area contributed by atoms with Crippen LogP contribution in [-0.2, 0) is 4.79 Å². The summed E-state index contributed by atoms with van der Waals surface area (Å²) in [6.45, 7) is 5.16. The number of aryl methyl sites for hydroxylation is 1. The molecule has 1 amide bonds. The minimum absolute atomic E-state index is 0.0936. The molecule has 1 unspecified atom stereocenters. The second-order valence-electron chi connectivity index (χ2n) is 7.39. The topological polar surface area (TPSA) is 89.8 Å². The van der Waals surface area contributed by atoms with Crippen LogP contribution < -0.4 is 15.5 Å². The van der Waals surface area contributed by atoms with E-state index in [0.29, 0.717) is 11.5 Å². The van der Waals surface area contributed by atoms with Gasteiger partial charge in [0.05, 0.1) is 12.6 Å². The molecule has 0 aliphatic rings. The molecule has 7 nitrogen and oxygen atoms in total. The maximum atomic E-state index is 13.1. The van der Waals surface area contributed by atoms with E-state index in [2.05, 4.69) is 27.3 Å². The minimum atomic E-state index is -0.566. The van der Waals surface area contributed by atoms with E-state index in [1.807, 2.05) is 43.3 Å². The number of anilines is 3. The number of aliphatic hydroxyl groups is 1. The number of nitrogens with zero attached hydrogens (tertiary/aromatic N) is 3. The number of hydrogen-bond acceptors (Lipinski definition) is 6. The van der Waals surface area contributed by atoms with E-state index in [0.717, 1.165) is 16.8 Å². The van der Waals surface area contributed by atoms with Gasteiger partial charge in [0.1, 0.15) is 17.3 Å². The predicted molar refractivity (Wildman–Crippen MR) is 129 cm³/mol. The van der Waals surface area contributed by atoms with Crippen molar-refractivity contribution in [3.05, 3.63) is 95.7 Å². The Labute approximate surface area is 192 Å². The van der Waals surface area contributed by atoms with Gasteiger partial charge in [-0.15, -0.1) is 0 Å². The van der Waals surface area contributed by atoms with E-state index in [9.17, 15) is 14.3 Å². The zero-order chi connectivity index (χ0) is 23.8. The fraction of sp³-hybridized carbons (Fsp3) is 0.160. The lowest BCUT2D eigenvalue weighted by Crippen LogP contribution is -2.32. The molecule has 33 heavy (non-hydrogen) atoms. The molecule has 0 fully saturated rings. The van der Waals surface area contributed by atoms with Crippen molar-refractivity contribution in [2.75, 3.05) is 23.9 Å². The van der Waals surface area contributed by atoms with Gasteiger partial charge in [-0.05, 0) is 49.0 Å². The number of amides is 1. The Kier molecular flexibility index (Phi) is 7.88. The molecular weight excluding hydrogens is 421 g/mol. The zero-order valence-corrected chi connectivity index (χ0v) is 18.5. The number of pyridine rings is 1.